The second-order valence-corrected chi connectivity index (χ2v) is 4.70. The Bertz CT molecular complexity index is 534. The van der Waals surface area contributed by atoms with Crippen LogP contribution in [0.1, 0.15) is 5.56 Å². The monoisotopic (exact) mass is 328 g/mol. The number of rotatable bonds is 4. The third-order valence-electron chi connectivity index (χ3n) is 2.22. The van der Waals surface area contributed by atoms with Crippen LogP contribution in [-0.4, -0.2) is 21.7 Å². The number of aliphatic hydroxyl groups excluding tert-OH is 1. The van der Waals surface area contributed by atoms with Gasteiger partial charge < -0.3 is 9.84 Å². The summed E-state index contributed by atoms with van der Waals surface area (Å²) in [7, 11) is 0. The first-order chi connectivity index (χ1) is 8.69. The fourth-order valence-corrected chi connectivity index (χ4v) is 1.77. The van der Waals surface area contributed by atoms with E-state index in [4.69, 9.17) is 21.4 Å². The van der Waals surface area contributed by atoms with E-state index in [0.717, 1.165) is 5.56 Å². The Morgan fingerprint density at radius 1 is 1.28 bits per heavy atom. The third-order valence-corrected chi connectivity index (χ3v) is 2.95. The van der Waals surface area contributed by atoms with E-state index in [0.29, 0.717) is 22.5 Å². The lowest BCUT2D eigenvalue weighted by Gasteiger charge is -2.07. The first-order valence-corrected chi connectivity index (χ1v) is 6.42. The molecule has 0 aliphatic rings. The maximum Gasteiger partial charge on any atom is 0.237 e. The van der Waals surface area contributed by atoms with Crippen LogP contribution in [0.25, 0.3) is 0 Å². The maximum absolute atomic E-state index is 8.82. The Kier molecular flexibility index (Phi) is 4.52. The van der Waals surface area contributed by atoms with Gasteiger partial charge in [0.05, 0.1) is 4.47 Å². The Balaban J connectivity index is 2.15. The Labute approximate surface area is 118 Å². The second-order valence-electron chi connectivity index (χ2n) is 3.51. The molecule has 0 aliphatic carbocycles. The van der Waals surface area contributed by atoms with Gasteiger partial charge >= 0.3 is 0 Å². The van der Waals surface area contributed by atoms with Crippen molar-refractivity contribution >= 4 is 27.5 Å². The van der Waals surface area contributed by atoms with Crippen molar-refractivity contribution in [3.05, 3.63) is 45.8 Å². The quantitative estimate of drug-likeness (QED) is 0.875. The van der Waals surface area contributed by atoms with E-state index in [9.17, 15) is 0 Å². The zero-order valence-electron chi connectivity index (χ0n) is 9.31. The van der Waals surface area contributed by atoms with Crippen LogP contribution in [0.4, 0.5) is 0 Å². The Morgan fingerprint density at radius 3 is 2.67 bits per heavy atom. The molecule has 6 heteroatoms. The first kappa shape index (κ1) is 13.3. The van der Waals surface area contributed by atoms with Crippen molar-refractivity contribution in [3.8, 4) is 11.6 Å². The lowest BCUT2D eigenvalue weighted by Crippen LogP contribution is -1.93. The minimum atomic E-state index is 0.130. The van der Waals surface area contributed by atoms with Crippen molar-refractivity contribution < 1.29 is 9.84 Å². The highest BCUT2D eigenvalue weighted by atomic mass is 79.9. The van der Waals surface area contributed by atoms with E-state index < -0.39 is 0 Å². The van der Waals surface area contributed by atoms with Gasteiger partial charge in [0.15, 0.2) is 0 Å². The number of aliphatic hydroxyl groups is 1. The molecule has 0 atom stereocenters. The smallest absolute Gasteiger partial charge is 0.237 e. The number of hydrogen-bond acceptors (Lipinski definition) is 4. The Hall–Kier alpha value is -1.17. The van der Waals surface area contributed by atoms with Crippen LogP contribution in [0.3, 0.4) is 0 Å². The van der Waals surface area contributed by atoms with Gasteiger partial charge in [0.1, 0.15) is 5.75 Å². The van der Waals surface area contributed by atoms with Gasteiger partial charge in [-0.3, -0.25) is 0 Å². The van der Waals surface area contributed by atoms with Gasteiger partial charge in [-0.05, 0) is 51.6 Å². The molecule has 0 spiro atoms. The summed E-state index contributed by atoms with van der Waals surface area (Å²) >= 11 is 8.98. The molecule has 1 aromatic carbocycles. The van der Waals surface area contributed by atoms with Gasteiger partial charge in [-0.2, -0.15) is 4.98 Å². The molecule has 0 bridgehead atoms. The molecule has 1 heterocycles. The number of ether oxygens (including phenoxy) is 1. The predicted octanol–water partition coefficient (Wildman–Crippen LogP) is 3.22. The van der Waals surface area contributed by atoms with Crippen molar-refractivity contribution in [2.75, 3.05) is 6.61 Å². The first-order valence-electron chi connectivity index (χ1n) is 5.25. The molecule has 0 fully saturated rings. The number of benzene rings is 1. The Morgan fingerprint density at radius 2 is 2.00 bits per heavy atom. The molecule has 2 aromatic rings. The van der Waals surface area contributed by atoms with Gasteiger partial charge in [-0.1, -0.05) is 12.1 Å². The van der Waals surface area contributed by atoms with Crippen LogP contribution in [0, 0.1) is 0 Å². The van der Waals surface area contributed by atoms with E-state index in [1.807, 2.05) is 24.3 Å². The predicted molar refractivity (Wildman–Crippen MR) is 72.0 cm³/mol. The largest absolute Gasteiger partial charge is 0.438 e. The zero-order valence-corrected chi connectivity index (χ0v) is 11.6. The fourth-order valence-electron chi connectivity index (χ4n) is 1.37. The summed E-state index contributed by atoms with van der Waals surface area (Å²) in [6, 6.07) is 7.41. The molecule has 0 saturated carbocycles. The summed E-state index contributed by atoms with van der Waals surface area (Å²) in [6.07, 6.45) is 2.16. The van der Waals surface area contributed by atoms with Gasteiger partial charge in [-0.15, -0.1) is 0 Å². The van der Waals surface area contributed by atoms with E-state index in [2.05, 4.69) is 25.9 Å². The molecule has 0 saturated heterocycles. The molecular formula is C12H10BrClN2O2. The van der Waals surface area contributed by atoms with E-state index in [-0.39, 0.29) is 11.9 Å². The minimum absolute atomic E-state index is 0.130. The van der Waals surface area contributed by atoms with Gasteiger partial charge in [0.25, 0.3) is 0 Å². The van der Waals surface area contributed by atoms with E-state index in [1.165, 1.54) is 6.20 Å². The molecule has 1 N–H and O–H groups in total. The average molecular weight is 330 g/mol. The summed E-state index contributed by atoms with van der Waals surface area (Å²) in [5.74, 6) is 1.01. The highest BCUT2D eigenvalue weighted by Crippen LogP contribution is 2.27. The third kappa shape index (κ3) is 3.41. The second kappa shape index (κ2) is 6.13. The summed E-state index contributed by atoms with van der Waals surface area (Å²) < 4.78 is 6.21. The topological polar surface area (TPSA) is 55.2 Å². The molecule has 0 aliphatic heterocycles. The standard InChI is InChI=1S/C12H10BrClN2O2/c13-10-7-15-12(14)16-11(10)18-9-3-1-8(2-4-9)5-6-17/h1-4,7,17H,5-6H2. The van der Waals surface area contributed by atoms with Crippen molar-refractivity contribution in [2.45, 2.75) is 6.42 Å². The van der Waals surface area contributed by atoms with Crippen LogP contribution in [0.2, 0.25) is 5.28 Å². The summed E-state index contributed by atoms with van der Waals surface area (Å²) in [4.78, 5) is 7.79. The number of nitrogens with zero attached hydrogens (tertiary/aromatic N) is 2. The van der Waals surface area contributed by atoms with E-state index >= 15 is 0 Å². The molecule has 0 radical (unpaired) electrons. The van der Waals surface area contributed by atoms with Crippen LogP contribution in [0.15, 0.2) is 34.9 Å². The minimum Gasteiger partial charge on any atom is -0.438 e. The number of aromatic nitrogens is 2. The molecule has 4 nitrogen and oxygen atoms in total. The molecule has 18 heavy (non-hydrogen) atoms. The van der Waals surface area contributed by atoms with Crippen LogP contribution >= 0.6 is 27.5 Å². The average Bonchev–Trinajstić information content (AvgIpc) is 2.37. The van der Waals surface area contributed by atoms with Crippen LogP contribution in [0.5, 0.6) is 11.6 Å². The number of hydrogen-bond donors (Lipinski definition) is 1. The van der Waals surface area contributed by atoms with Crippen molar-refractivity contribution in [3.63, 3.8) is 0 Å². The van der Waals surface area contributed by atoms with Crippen molar-refractivity contribution in [1.82, 2.24) is 9.97 Å². The van der Waals surface area contributed by atoms with Crippen molar-refractivity contribution in [2.24, 2.45) is 0 Å². The number of halogens is 2. The van der Waals surface area contributed by atoms with Crippen LogP contribution < -0.4 is 4.74 Å². The normalized spacial score (nSPS) is 10.4. The van der Waals surface area contributed by atoms with Gasteiger partial charge in [-0.25, -0.2) is 4.98 Å². The molecule has 0 amide bonds. The van der Waals surface area contributed by atoms with Gasteiger partial charge in [0, 0.05) is 12.8 Å². The van der Waals surface area contributed by atoms with Crippen LogP contribution in [-0.2, 0) is 6.42 Å². The maximum atomic E-state index is 8.82. The fraction of sp³-hybridized carbons (Fsp3) is 0.167. The van der Waals surface area contributed by atoms with E-state index in [1.54, 1.807) is 0 Å². The van der Waals surface area contributed by atoms with Crippen molar-refractivity contribution in [1.29, 1.82) is 0 Å². The highest BCUT2D eigenvalue weighted by molar-refractivity contribution is 9.10. The highest BCUT2D eigenvalue weighted by Gasteiger charge is 2.06. The molecular weight excluding hydrogens is 320 g/mol. The summed E-state index contributed by atoms with van der Waals surface area (Å²) in [5, 5.41) is 8.95. The summed E-state index contributed by atoms with van der Waals surface area (Å²) in [6.45, 7) is 0.132. The molecule has 94 valence electrons. The molecule has 0 unspecified atom stereocenters. The SMILES string of the molecule is OCCc1ccc(Oc2nc(Cl)ncc2Br)cc1. The lowest BCUT2D eigenvalue weighted by atomic mass is 10.1. The molecule has 2 rings (SSSR count). The lowest BCUT2D eigenvalue weighted by molar-refractivity contribution is 0.299. The zero-order chi connectivity index (χ0) is 13.0. The summed E-state index contributed by atoms with van der Waals surface area (Å²) in [5.41, 5.74) is 1.05. The molecule has 1 aromatic heterocycles. The van der Waals surface area contributed by atoms with Gasteiger partial charge in [0.2, 0.25) is 11.2 Å².